The minimum absolute atomic E-state index is 0.0115. The van der Waals surface area contributed by atoms with Crippen LogP contribution in [-0.2, 0) is 4.79 Å². The fraction of sp³-hybridized carbons (Fsp3) is 0.480. The predicted molar refractivity (Wildman–Crippen MR) is 124 cm³/mol. The number of carbonyl (C=O) groups is 1. The summed E-state index contributed by atoms with van der Waals surface area (Å²) < 4.78 is 5.90. The first-order valence-corrected chi connectivity index (χ1v) is 11.3. The molecule has 0 aromatic heterocycles. The van der Waals surface area contributed by atoms with Gasteiger partial charge >= 0.3 is 0 Å². The molecule has 5 heteroatoms. The third-order valence-corrected chi connectivity index (χ3v) is 5.91. The van der Waals surface area contributed by atoms with E-state index in [1.807, 2.05) is 50.2 Å². The summed E-state index contributed by atoms with van der Waals surface area (Å²) >= 11 is 5.92. The Hall–Kier alpha value is -2.04. The van der Waals surface area contributed by atoms with Crippen LogP contribution in [0.1, 0.15) is 45.1 Å². The van der Waals surface area contributed by atoms with Gasteiger partial charge in [0.25, 0.3) is 0 Å². The molecule has 0 aliphatic carbocycles. The SMILES string of the molecule is CC(COc1ccc(Cl)cc1)CN1CCC(c2cccc(NC(=O)C(C)C)c2)CC1. The van der Waals surface area contributed by atoms with Crippen molar-refractivity contribution in [2.45, 2.75) is 39.5 Å². The second kappa shape index (κ2) is 10.8. The number of amides is 1. The molecule has 2 aromatic carbocycles. The van der Waals surface area contributed by atoms with Crippen LogP contribution in [0.25, 0.3) is 0 Å². The standard InChI is InChI=1S/C25H33ClN2O2/c1-18(2)25(29)27-23-6-4-5-21(15-23)20-11-13-28(14-12-20)16-19(3)17-30-24-9-7-22(26)8-10-24/h4-10,15,18-20H,11-14,16-17H2,1-3H3,(H,27,29). The van der Waals surface area contributed by atoms with Crippen molar-refractivity contribution in [2.75, 3.05) is 31.6 Å². The van der Waals surface area contributed by atoms with Crippen LogP contribution in [0.2, 0.25) is 5.02 Å². The first kappa shape index (κ1) is 22.6. The molecule has 4 nitrogen and oxygen atoms in total. The van der Waals surface area contributed by atoms with Crippen LogP contribution in [-0.4, -0.2) is 37.0 Å². The molecule has 1 saturated heterocycles. The van der Waals surface area contributed by atoms with Gasteiger partial charge in [-0.1, -0.05) is 44.5 Å². The van der Waals surface area contributed by atoms with Crippen LogP contribution >= 0.6 is 11.6 Å². The van der Waals surface area contributed by atoms with Gasteiger partial charge in [0, 0.05) is 29.1 Å². The second-order valence-corrected chi connectivity index (χ2v) is 9.15. The summed E-state index contributed by atoms with van der Waals surface area (Å²) in [6.07, 6.45) is 2.29. The van der Waals surface area contributed by atoms with Gasteiger partial charge < -0.3 is 15.0 Å². The fourth-order valence-electron chi connectivity index (χ4n) is 3.87. The highest BCUT2D eigenvalue weighted by atomic mass is 35.5. The molecule has 1 N–H and O–H groups in total. The maximum atomic E-state index is 12.0. The Balaban J connectivity index is 1.44. The van der Waals surface area contributed by atoms with Gasteiger partial charge in [0.2, 0.25) is 5.91 Å². The zero-order valence-corrected chi connectivity index (χ0v) is 19.0. The molecule has 1 atom stereocenters. The zero-order valence-electron chi connectivity index (χ0n) is 18.2. The summed E-state index contributed by atoms with van der Waals surface area (Å²) in [5.74, 6) is 1.94. The third-order valence-electron chi connectivity index (χ3n) is 5.66. The molecule has 1 aliphatic rings. The van der Waals surface area contributed by atoms with Crippen molar-refractivity contribution in [3.05, 3.63) is 59.1 Å². The van der Waals surface area contributed by atoms with E-state index in [4.69, 9.17) is 16.3 Å². The van der Waals surface area contributed by atoms with Crippen molar-refractivity contribution in [3.8, 4) is 5.75 Å². The predicted octanol–water partition coefficient (Wildman–Crippen LogP) is 5.83. The van der Waals surface area contributed by atoms with Gasteiger partial charge in [-0.05, 0) is 73.8 Å². The molecule has 2 aromatic rings. The summed E-state index contributed by atoms with van der Waals surface area (Å²) in [6.45, 7) is 10.0. The van der Waals surface area contributed by atoms with Crippen LogP contribution in [0.15, 0.2) is 48.5 Å². The average molecular weight is 429 g/mol. The summed E-state index contributed by atoms with van der Waals surface area (Å²) in [6, 6.07) is 15.9. The monoisotopic (exact) mass is 428 g/mol. The number of halogens is 1. The fourth-order valence-corrected chi connectivity index (χ4v) is 3.99. The molecule has 162 valence electrons. The van der Waals surface area contributed by atoms with E-state index in [0.717, 1.165) is 48.9 Å². The first-order chi connectivity index (χ1) is 14.4. The number of rotatable bonds is 8. The van der Waals surface area contributed by atoms with Crippen molar-refractivity contribution < 1.29 is 9.53 Å². The molecule has 1 unspecified atom stereocenters. The van der Waals surface area contributed by atoms with Crippen LogP contribution in [0.4, 0.5) is 5.69 Å². The number of benzene rings is 2. The highest BCUT2D eigenvalue weighted by Crippen LogP contribution is 2.30. The van der Waals surface area contributed by atoms with Gasteiger partial charge in [-0.2, -0.15) is 0 Å². The van der Waals surface area contributed by atoms with Crippen LogP contribution in [0.3, 0.4) is 0 Å². The Morgan fingerprint density at radius 1 is 1.13 bits per heavy atom. The molecule has 1 aliphatic heterocycles. The zero-order chi connectivity index (χ0) is 21.5. The summed E-state index contributed by atoms with van der Waals surface area (Å²) in [5.41, 5.74) is 2.23. The lowest BCUT2D eigenvalue weighted by Crippen LogP contribution is -2.37. The largest absolute Gasteiger partial charge is 0.493 e. The Labute approximate surface area is 185 Å². The van der Waals surface area contributed by atoms with Gasteiger partial charge in [-0.3, -0.25) is 4.79 Å². The number of carbonyl (C=O) groups excluding carboxylic acids is 1. The van der Waals surface area contributed by atoms with Gasteiger partial charge in [0.15, 0.2) is 0 Å². The van der Waals surface area contributed by atoms with Crippen LogP contribution < -0.4 is 10.1 Å². The van der Waals surface area contributed by atoms with Gasteiger partial charge in [-0.15, -0.1) is 0 Å². The van der Waals surface area contributed by atoms with E-state index in [-0.39, 0.29) is 11.8 Å². The molecule has 1 fully saturated rings. The van der Waals surface area contributed by atoms with Crippen molar-refractivity contribution in [2.24, 2.45) is 11.8 Å². The maximum Gasteiger partial charge on any atom is 0.226 e. The minimum Gasteiger partial charge on any atom is -0.493 e. The Kier molecular flexibility index (Phi) is 8.17. The third kappa shape index (κ3) is 6.75. The number of likely N-dealkylation sites (tertiary alicyclic amines) is 1. The van der Waals surface area contributed by atoms with E-state index in [9.17, 15) is 4.79 Å². The second-order valence-electron chi connectivity index (χ2n) is 8.71. The Morgan fingerprint density at radius 2 is 1.83 bits per heavy atom. The molecule has 1 heterocycles. The molecular formula is C25H33ClN2O2. The number of ether oxygens (including phenoxy) is 1. The van der Waals surface area contributed by atoms with E-state index in [1.165, 1.54) is 5.56 Å². The average Bonchev–Trinajstić information content (AvgIpc) is 2.74. The van der Waals surface area contributed by atoms with Crippen LogP contribution in [0.5, 0.6) is 5.75 Å². The highest BCUT2D eigenvalue weighted by molar-refractivity contribution is 6.30. The van der Waals surface area contributed by atoms with Gasteiger partial charge in [0.05, 0.1) is 6.61 Å². The smallest absolute Gasteiger partial charge is 0.226 e. The van der Waals surface area contributed by atoms with Crippen molar-refractivity contribution >= 4 is 23.2 Å². The molecule has 0 spiro atoms. The van der Waals surface area contributed by atoms with E-state index in [0.29, 0.717) is 18.4 Å². The molecule has 3 rings (SSSR count). The molecule has 1 amide bonds. The van der Waals surface area contributed by atoms with E-state index in [2.05, 4.69) is 29.3 Å². The lowest BCUT2D eigenvalue weighted by Gasteiger charge is -2.33. The molecule has 0 saturated carbocycles. The molecular weight excluding hydrogens is 396 g/mol. The number of nitrogens with zero attached hydrogens (tertiary/aromatic N) is 1. The van der Waals surface area contributed by atoms with E-state index in [1.54, 1.807) is 0 Å². The normalized spacial score (nSPS) is 16.4. The van der Waals surface area contributed by atoms with Crippen molar-refractivity contribution in [1.29, 1.82) is 0 Å². The number of piperidine rings is 1. The minimum atomic E-state index is -0.0115. The maximum absolute atomic E-state index is 12.0. The summed E-state index contributed by atoms with van der Waals surface area (Å²) in [5, 5.41) is 3.74. The van der Waals surface area contributed by atoms with E-state index < -0.39 is 0 Å². The first-order valence-electron chi connectivity index (χ1n) is 10.9. The highest BCUT2D eigenvalue weighted by Gasteiger charge is 2.22. The lowest BCUT2D eigenvalue weighted by molar-refractivity contribution is -0.118. The van der Waals surface area contributed by atoms with Gasteiger partial charge in [0.1, 0.15) is 5.75 Å². The number of anilines is 1. The number of hydrogen-bond acceptors (Lipinski definition) is 3. The Bertz CT molecular complexity index is 814. The molecule has 0 bridgehead atoms. The molecule has 30 heavy (non-hydrogen) atoms. The van der Waals surface area contributed by atoms with Crippen molar-refractivity contribution in [3.63, 3.8) is 0 Å². The lowest BCUT2D eigenvalue weighted by atomic mass is 9.89. The number of nitrogens with one attached hydrogen (secondary N) is 1. The Morgan fingerprint density at radius 3 is 2.50 bits per heavy atom. The molecule has 0 radical (unpaired) electrons. The summed E-state index contributed by atoms with van der Waals surface area (Å²) in [4.78, 5) is 14.5. The quantitative estimate of drug-likeness (QED) is 0.575. The number of hydrogen-bond donors (Lipinski definition) is 1. The van der Waals surface area contributed by atoms with Crippen LogP contribution in [0, 0.1) is 11.8 Å². The summed E-state index contributed by atoms with van der Waals surface area (Å²) in [7, 11) is 0. The van der Waals surface area contributed by atoms with Crippen molar-refractivity contribution in [1.82, 2.24) is 4.90 Å². The topological polar surface area (TPSA) is 41.6 Å². The van der Waals surface area contributed by atoms with E-state index >= 15 is 0 Å². The van der Waals surface area contributed by atoms with Gasteiger partial charge in [-0.25, -0.2) is 0 Å².